The van der Waals surface area contributed by atoms with Crippen molar-refractivity contribution in [2.75, 3.05) is 6.61 Å². The number of esters is 1. The normalized spacial score (nSPS) is 17.3. The smallest absolute Gasteiger partial charge is 0.345 e. The van der Waals surface area contributed by atoms with E-state index in [1.165, 1.54) is 14.7 Å². The third kappa shape index (κ3) is 5.02. The average Bonchev–Trinajstić information content (AvgIpc) is 3.29. The van der Waals surface area contributed by atoms with E-state index < -0.39 is 11.6 Å². The summed E-state index contributed by atoms with van der Waals surface area (Å²) in [5.41, 5.74) is -0.927. The molecule has 0 aliphatic heterocycles. The van der Waals surface area contributed by atoms with Crippen molar-refractivity contribution in [1.29, 1.82) is 0 Å². The number of terminal acetylenes is 1. The Kier molecular flexibility index (Phi) is 6.45. The van der Waals surface area contributed by atoms with Crippen molar-refractivity contribution < 1.29 is 14.3 Å². The van der Waals surface area contributed by atoms with Gasteiger partial charge in [-0.3, -0.25) is 0 Å². The molecule has 4 heteroatoms. The van der Waals surface area contributed by atoms with Crippen molar-refractivity contribution in [3.05, 3.63) is 97.1 Å². The maximum absolute atomic E-state index is 12.2. The second-order valence-corrected chi connectivity index (χ2v) is 9.17. The standard InChI is InChI=1S/C27H23O3S/c1-2-27(19-9-10-20-27)30-26(28)21-29-22-15-17-25(18-16-22)31(23-11-5-3-6-12-23)24-13-7-4-8-14-24/h1,3-9,11-19H,10,20-21H2/q+1. The largest absolute Gasteiger partial charge is 0.482 e. The lowest BCUT2D eigenvalue weighted by molar-refractivity contribution is -0.153. The van der Waals surface area contributed by atoms with Gasteiger partial charge in [-0.15, -0.1) is 6.42 Å². The molecule has 3 aromatic rings. The van der Waals surface area contributed by atoms with Crippen LogP contribution in [0.25, 0.3) is 0 Å². The van der Waals surface area contributed by atoms with Crippen LogP contribution in [0.5, 0.6) is 5.75 Å². The first-order chi connectivity index (χ1) is 15.2. The molecule has 1 unspecified atom stereocenters. The highest BCUT2D eigenvalue weighted by Crippen LogP contribution is 2.32. The van der Waals surface area contributed by atoms with E-state index >= 15 is 0 Å². The zero-order valence-corrected chi connectivity index (χ0v) is 17.9. The van der Waals surface area contributed by atoms with Crippen LogP contribution in [0.1, 0.15) is 12.8 Å². The molecule has 31 heavy (non-hydrogen) atoms. The summed E-state index contributed by atoms with van der Waals surface area (Å²) in [7, 11) is -0.223. The Morgan fingerprint density at radius 3 is 2.00 bits per heavy atom. The lowest BCUT2D eigenvalue weighted by Gasteiger charge is -2.21. The van der Waals surface area contributed by atoms with Gasteiger partial charge < -0.3 is 9.47 Å². The first-order valence-electron chi connectivity index (χ1n) is 10.1. The molecule has 0 saturated heterocycles. The number of allylic oxidation sites excluding steroid dienone is 1. The molecule has 1 atom stereocenters. The van der Waals surface area contributed by atoms with Crippen LogP contribution in [0.15, 0.2) is 112 Å². The van der Waals surface area contributed by atoms with Crippen LogP contribution in [0.4, 0.5) is 0 Å². The summed E-state index contributed by atoms with van der Waals surface area (Å²) >= 11 is 0. The highest BCUT2D eigenvalue weighted by molar-refractivity contribution is 7.97. The molecule has 0 fully saturated rings. The van der Waals surface area contributed by atoms with Crippen LogP contribution in [-0.4, -0.2) is 18.2 Å². The minimum Gasteiger partial charge on any atom is -0.482 e. The topological polar surface area (TPSA) is 35.5 Å². The number of benzene rings is 3. The minimum atomic E-state index is -0.927. The lowest BCUT2D eigenvalue weighted by atomic mass is 10.1. The first kappa shape index (κ1) is 20.8. The quantitative estimate of drug-likeness (QED) is 0.218. The van der Waals surface area contributed by atoms with E-state index in [0.717, 1.165) is 6.42 Å². The van der Waals surface area contributed by atoms with Crippen molar-refractivity contribution in [2.24, 2.45) is 0 Å². The molecule has 1 aliphatic carbocycles. The fourth-order valence-electron chi connectivity index (χ4n) is 3.46. The van der Waals surface area contributed by atoms with E-state index in [1.807, 2.05) is 42.5 Å². The van der Waals surface area contributed by atoms with Gasteiger partial charge in [-0.05, 0) is 61.0 Å². The van der Waals surface area contributed by atoms with Gasteiger partial charge in [0.1, 0.15) is 5.75 Å². The Hall–Kier alpha value is -3.42. The zero-order valence-electron chi connectivity index (χ0n) is 17.1. The van der Waals surface area contributed by atoms with Gasteiger partial charge in [0, 0.05) is 6.42 Å². The van der Waals surface area contributed by atoms with Gasteiger partial charge in [0.2, 0.25) is 0 Å². The predicted molar refractivity (Wildman–Crippen MR) is 123 cm³/mol. The van der Waals surface area contributed by atoms with Crippen molar-refractivity contribution in [3.63, 3.8) is 0 Å². The number of rotatable bonds is 7. The molecule has 1 aliphatic rings. The Morgan fingerprint density at radius 1 is 0.903 bits per heavy atom. The number of hydrogen-bond donors (Lipinski definition) is 0. The highest BCUT2D eigenvalue weighted by atomic mass is 32.2. The number of hydrogen-bond acceptors (Lipinski definition) is 3. The fourth-order valence-corrected chi connectivity index (χ4v) is 5.54. The highest BCUT2D eigenvalue weighted by Gasteiger charge is 2.32. The van der Waals surface area contributed by atoms with Gasteiger partial charge in [-0.25, -0.2) is 4.79 Å². The summed E-state index contributed by atoms with van der Waals surface area (Å²) in [5.74, 6) is 2.72. The van der Waals surface area contributed by atoms with Crippen molar-refractivity contribution in [3.8, 4) is 18.1 Å². The van der Waals surface area contributed by atoms with E-state index in [2.05, 4.69) is 54.5 Å². The Morgan fingerprint density at radius 2 is 1.48 bits per heavy atom. The molecule has 0 bridgehead atoms. The maximum Gasteiger partial charge on any atom is 0.345 e. The Labute approximate surface area is 186 Å². The monoisotopic (exact) mass is 427 g/mol. The molecule has 3 nitrogen and oxygen atoms in total. The van der Waals surface area contributed by atoms with Crippen LogP contribution in [0.3, 0.4) is 0 Å². The minimum absolute atomic E-state index is 0.181. The third-order valence-corrected chi connectivity index (χ3v) is 7.21. The van der Waals surface area contributed by atoms with E-state index in [0.29, 0.717) is 12.2 Å². The summed E-state index contributed by atoms with van der Waals surface area (Å²) < 4.78 is 11.1. The second kappa shape index (κ2) is 9.59. The molecule has 0 aromatic heterocycles. The van der Waals surface area contributed by atoms with Gasteiger partial charge in [0.05, 0.1) is 10.9 Å². The molecule has 4 rings (SSSR count). The third-order valence-electron chi connectivity index (χ3n) is 4.98. The van der Waals surface area contributed by atoms with Crippen LogP contribution in [-0.2, 0) is 20.4 Å². The molecule has 0 radical (unpaired) electrons. The van der Waals surface area contributed by atoms with Gasteiger partial charge in [0.25, 0.3) is 0 Å². The Bertz CT molecular complexity index is 1050. The fraction of sp³-hybridized carbons (Fsp3) is 0.148. The molecular weight excluding hydrogens is 404 g/mol. The summed E-state index contributed by atoms with van der Waals surface area (Å²) in [6, 6.07) is 28.8. The maximum atomic E-state index is 12.2. The van der Waals surface area contributed by atoms with Crippen LogP contribution in [0.2, 0.25) is 0 Å². The van der Waals surface area contributed by atoms with E-state index in [9.17, 15) is 4.79 Å². The summed E-state index contributed by atoms with van der Waals surface area (Å²) in [6.45, 7) is -0.181. The lowest BCUT2D eigenvalue weighted by Crippen LogP contribution is -2.31. The van der Waals surface area contributed by atoms with Gasteiger partial charge in [-0.2, -0.15) is 0 Å². The summed E-state index contributed by atoms with van der Waals surface area (Å²) in [4.78, 5) is 15.9. The SMILES string of the molecule is C#CC1(OC(=O)COc2ccc([S+](c3ccccc3)c3ccccc3)cc2)C=CCC1. The second-order valence-electron chi connectivity index (χ2n) is 7.14. The van der Waals surface area contributed by atoms with Crippen molar-refractivity contribution >= 4 is 16.9 Å². The molecule has 3 aromatic carbocycles. The van der Waals surface area contributed by atoms with Gasteiger partial charge in [0.15, 0.2) is 26.9 Å². The first-order valence-corrected chi connectivity index (χ1v) is 11.4. The predicted octanol–water partition coefficient (Wildman–Crippen LogP) is 5.43. The van der Waals surface area contributed by atoms with Crippen LogP contribution >= 0.6 is 0 Å². The summed E-state index contributed by atoms with van der Waals surface area (Å²) in [6.07, 6.45) is 10.7. The zero-order chi connectivity index (χ0) is 21.5. The summed E-state index contributed by atoms with van der Waals surface area (Å²) in [5, 5.41) is 0. The number of carbonyl (C=O) groups excluding carboxylic acids is 1. The molecule has 0 heterocycles. The van der Waals surface area contributed by atoms with Crippen molar-refractivity contribution in [2.45, 2.75) is 33.1 Å². The van der Waals surface area contributed by atoms with Gasteiger partial charge in [-0.1, -0.05) is 48.4 Å². The molecular formula is C27H23O3S+. The van der Waals surface area contributed by atoms with E-state index in [1.54, 1.807) is 6.08 Å². The van der Waals surface area contributed by atoms with Gasteiger partial charge >= 0.3 is 5.97 Å². The van der Waals surface area contributed by atoms with Crippen LogP contribution in [0, 0.1) is 12.3 Å². The molecule has 0 spiro atoms. The van der Waals surface area contributed by atoms with E-state index in [4.69, 9.17) is 15.9 Å². The van der Waals surface area contributed by atoms with E-state index in [-0.39, 0.29) is 17.5 Å². The molecule has 0 saturated carbocycles. The molecule has 0 N–H and O–H groups in total. The van der Waals surface area contributed by atoms with Crippen molar-refractivity contribution in [1.82, 2.24) is 0 Å². The number of ether oxygens (including phenoxy) is 2. The van der Waals surface area contributed by atoms with Crippen LogP contribution < -0.4 is 4.74 Å². The Balaban J connectivity index is 1.46. The molecule has 0 amide bonds. The number of carbonyl (C=O) groups is 1. The average molecular weight is 428 g/mol. The molecule has 154 valence electrons.